The summed E-state index contributed by atoms with van der Waals surface area (Å²) in [5.41, 5.74) is -1.59. The first kappa shape index (κ1) is 49.7. The minimum atomic E-state index is -2.54. The van der Waals surface area contributed by atoms with Crippen molar-refractivity contribution in [2.75, 3.05) is 33.5 Å². The Labute approximate surface area is 354 Å². The Kier molecular flexibility index (Phi) is 18.8. The molecular formula is C44H69N5O9S. The average molecular weight is 844 g/mol. The number of amides is 2. The number of ether oxygens (including phenoxy) is 1. The summed E-state index contributed by atoms with van der Waals surface area (Å²) in [6.07, 6.45) is 2.21. The summed E-state index contributed by atoms with van der Waals surface area (Å²) in [6.45, 7) is 14.6. The van der Waals surface area contributed by atoms with Crippen LogP contribution in [0.1, 0.15) is 86.6 Å². The van der Waals surface area contributed by atoms with Gasteiger partial charge in [-0.2, -0.15) is 0 Å². The third-order valence-corrected chi connectivity index (χ3v) is 13.5. The molecule has 6 N–H and O–H groups in total. The van der Waals surface area contributed by atoms with Crippen molar-refractivity contribution in [2.24, 2.45) is 34.6 Å². The number of nitrogens with zero attached hydrogens (tertiary/aromatic N) is 2. The molecule has 0 radical (unpaired) electrons. The number of likely N-dealkylation sites (N-methyl/N-ethyl adjacent to an activating group) is 2. The summed E-state index contributed by atoms with van der Waals surface area (Å²) in [4.78, 5) is 77.0. The maximum Gasteiger partial charge on any atom is 0.338 e. The van der Waals surface area contributed by atoms with Gasteiger partial charge >= 0.3 is 5.97 Å². The fourth-order valence-electron chi connectivity index (χ4n) is 8.06. The molecule has 11 atom stereocenters. The molecular weight excluding hydrogens is 775 g/mol. The van der Waals surface area contributed by atoms with Crippen LogP contribution in [0.2, 0.25) is 0 Å². The fourth-order valence-corrected chi connectivity index (χ4v) is 9.20. The number of aliphatic imine (C=N–C) groups is 1. The summed E-state index contributed by atoms with van der Waals surface area (Å²) in [5.74, 6) is -4.79. The number of carbonyl (C=O) groups excluding carboxylic acids is 4. The number of benzene rings is 1. The van der Waals surface area contributed by atoms with Crippen molar-refractivity contribution in [1.29, 1.82) is 0 Å². The number of ketones is 2. The van der Waals surface area contributed by atoms with E-state index in [1.54, 1.807) is 44.3 Å². The number of hydrogen-bond acceptors (Lipinski definition) is 12. The highest BCUT2D eigenvalue weighted by Crippen LogP contribution is 2.40. The van der Waals surface area contributed by atoms with E-state index in [1.165, 1.54) is 32.8 Å². The van der Waals surface area contributed by atoms with E-state index in [4.69, 9.17) is 9.73 Å². The molecule has 15 heteroatoms. The lowest BCUT2D eigenvalue weighted by Gasteiger charge is -2.41. The van der Waals surface area contributed by atoms with Gasteiger partial charge in [0, 0.05) is 23.8 Å². The van der Waals surface area contributed by atoms with Crippen molar-refractivity contribution in [3.8, 4) is 5.75 Å². The second kappa shape index (κ2) is 22.3. The van der Waals surface area contributed by atoms with Crippen LogP contribution in [0.3, 0.4) is 0 Å². The largest absolute Gasteiger partial charge is 0.497 e. The highest BCUT2D eigenvalue weighted by molar-refractivity contribution is 8.14. The summed E-state index contributed by atoms with van der Waals surface area (Å²) in [6, 6.07) is 3.46. The normalized spacial score (nSPS) is 23.7. The molecule has 1 saturated heterocycles. The molecule has 3 rings (SSSR count). The van der Waals surface area contributed by atoms with Crippen LogP contribution in [0.25, 0.3) is 0 Å². The van der Waals surface area contributed by atoms with E-state index in [1.807, 2.05) is 41.5 Å². The van der Waals surface area contributed by atoms with Gasteiger partial charge in [-0.25, -0.2) is 4.79 Å². The van der Waals surface area contributed by atoms with Gasteiger partial charge in [0.05, 0.1) is 54.4 Å². The molecule has 330 valence electrons. The van der Waals surface area contributed by atoms with E-state index in [2.05, 4.69) is 16.0 Å². The van der Waals surface area contributed by atoms with Crippen molar-refractivity contribution in [1.82, 2.24) is 20.9 Å². The molecule has 2 unspecified atom stereocenters. The maximum absolute atomic E-state index is 14.9. The molecule has 1 aromatic carbocycles. The summed E-state index contributed by atoms with van der Waals surface area (Å²) < 4.78 is 5.31. The molecule has 2 aliphatic rings. The van der Waals surface area contributed by atoms with Crippen molar-refractivity contribution in [3.05, 3.63) is 41.5 Å². The Bertz CT molecular complexity index is 1690. The number of Topliss-reactive ketones (excluding diaryl/α,β-unsaturated/α-hetero) is 2. The number of carboxylic acids is 1. The lowest BCUT2D eigenvalue weighted by molar-refractivity contribution is -0.168. The third-order valence-electron chi connectivity index (χ3n) is 12.3. The van der Waals surface area contributed by atoms with Crippen LogP contribution in [0.5, 0.6) is 5.75 Å². The van der Waals surface area contributed by atoms with E-state index in [0.29, 0.717) is 36.3 Å². The Balaban J connectivity index is 1.98. The highest BCUT2D eigenvalue weighted by Gasteiger charge is 2.65. The quantitative estimate of drug-likeness (QED) is 0.0690. The first-order valence-electron chi connectivity index (χ1n) is 20.9. The fraction of sp³-hybridized carbons (Fsp3) is 0.682. The molecule has 1 fully saturated rings. The first-order chi connectivity index (χ1) is 27.8. The number of rotatable bonds is 23. The number of aliphatic hydroxyl groups excluding tert-OH is 2. The minimum Gasteiger partial charge on any atom is -0.497 e. The van der Waals surface area contributed by atoms with Gasteiger partial charge in [0.1, 0.15) is 5.75 Å². The monoisotopic (exact) mass is 843 g/mol. The van der Waals surface area contributed by atoms with Crippen LogP contribution in [-0.4, -0.2) is 130 Å². The van der Waals surface area contributed by atoms with Gasteiger partial charge in [-0.3, -0.25) is 24.2 Å². The van der Waals surface area contributed by atoms with E-state index in [9.17, 15) is 39.3 Å². The Morgan fingerprint density at radius 2 is 1.63 bits per heavy atom. The molecule has 14 nitrogen and oxygen atoms in total. The van der Waals surface area contributed by atoms with Gasteiger partial charge < -0.3 is 40.9 Å². The number of hydrogen-bond donors (Lipinski definition) is 6. The molecule has 2 aliphatic heterocycles. The van der Waals surface area contributed by atoms with Crippen molar-refractivity contribution >= 4 is 46.2 Å². The number of likely N-dealkylation sites (tertiary alicyclic amines) is 1. The van der Waals surface area contributed by atoms with E-state index in [0.717, 1.165) is 9.94 Å². The van der Waals surface area contributed by atoms with Gasteiger partial charge in [-0.15, -0.1) is 11.8 Å². The van der Waals surface area contributed by atoms with Crippen LogP contribution in [0, 0.1) is 29.6 Å². The lowest BCUT2D eigenvalue weighted by Crippen LogP contribution is -2.69. The van der Waals surface area contributed by atoms with Crippen LogP contribution < -0.4 is 20.7 Å². The van der Waals surface area contributed by atoms with Crippen LogP contribution >= 0.6 is 11.8 Å². The van der Waals surface area contributed by atoms with Crippen LogP contribution in [0.4, 0.5) is 0 Å². The van der Waals surface area contributed by atoms with Crippen LogP contribution in [-0.2, 0) is 30.4 Å². The van der Waals surface area contributed by atoms with Crippen molar-refractivity contribution in [2.45, 2.75) is 129 Å². The lowest BCUT2D eigenvalue weighted by atomic mass is 9.73. The number of aliphatic carboxylic acids is 1. The molecule has 0 aromatic heterocycles. The number of aliphatic hydroxyl groups is 2. The summed E-state index contributed by atoms with van der Waals surface area (Å²) in [7, 11) is 4.64. The molecule has 0 spiro atoms. The number of carboxylic acid groups (broad SMARTS) is 1. The van der Waals surface area contributed by atoms with Gasteiger partial charge in [0.25, 0.3) is 0 Å². The van der Waals surface area contributed by atoms with Gasteiger partial charge in [0.2, 0.25) is 17.4 Å². The van der Waals surface area contributed by atoms with E-state index < -0.39 is 71.1 Å². The maximum atomic E-state index is 14.9. The highest BCUT2D eigenvalue weighted by atomic mass is 32.2. The number of methoxy groups -OCH3 is 1. The topological polar surface area (TPSA) is 207 Å². The number of thioether (sulfide) groups is 1. The molecule has 2 heterocycles. The average Bonchev–Trinajstić information content (AvgIpc) is 3.85. The Morgan fingerprint density at radius 3 is 2.17 bits per heavy atom. The zero-order valence-electron chi connectivity index (χ0n) is 36.8. The second-order valence-corrected chi connectivity index (χ2v) is 17.9. The minimum absolute atomic E-state index is 0.0205. The Hall–Kier alpha value is -3.63. The SMILES string of the molecule is CC[C@H](C)[C@H](NC)C(=O)N1CCC(C(=O)[C@H](Cc2ccc(OC)cc2)NC(=O)/C(C)=C/C2CSC([C@@H](C)[C@@H](O)C[C@@H](C)C[C@H](O)C(C)C)=N2)[C@]1(C(=O)O)C(=O)[C@H](C)NC. The number of carbonyl (C=O) groups is 5. The molecule has 2 amide bonds. The van der Waals surface area contributed by atoms with Gasteiger partial charge in [-0.1, -0.05) is 66.2 Å². The first-order valence-corrected chi connectivity index (χ1v) is 21.9. The molecule has 0 saturated carbocycles. The Morgan fingerprint density at radius 1 is 1.00 bits per heavy atom. The summed E-state index contributed by atoms with van der Waals surface area (Å²) in [5, 5.41) is 41.8. The summed E-state index contributed by atoms with van der Waals surface area (Å²) >= 11 is 1.52. The standard InChI is InChI=1S/C44H69N5O9S/c1-12-26(5)37(46-10)42(55)49-18-17-33(44(49,43(56)57)39(53)29(8)45-9)38(52)34(22-30-13-15-32(58-11)16-14-30)48-40(54)27(6)21-31-23-59-41(47-31)28(7)36(51)20-25(4)19-35(50)24(2)3/h13-16,21,24-26,28-29,31,33-37,45-46,50-51H,12,17-20,22-23H2,1-11H3,(H,48,54)(H,56,57)/b27-21+/t25-,26-,28-,29-,31?,33?,34-,35-,36-,37-,44+/m0/s1. The predicted octanol–water partition coefficient (Wildman–Crippen LogP) is 3.67. The van der Waals surface area contributed by atoms with Gasteiger partial charge in [0.15, 0.2) is 11.6 Å². The molecule has 0 aliphatic carbocycles. The molecule has 59 heavy (non-hydrogen) atoms. The van der Waals surface area contributed by atoms with E-state index >= 15 is 0 Å². The third kappa shape index (κ3) is 11.8. The van der Waals surface area contributed by atoms with Crippen LogP contribution in [0.15, 0.2) is 40.9 Å². The zero-order valence-corrected chi connectivity index (χ0v) is 37.6. The number of nitrogens with one attached hydrogen (secondary N) is 3. The van der Waals surface area contributed by atoms with Crippen molar-refractivity contribution < 1.29 is 44.0 Å². The molecule has 1 aromatic rings. The predicted molar refractivity (Wildman–Crippen MR) is 232 cm³/mol. The molecule has 0 bridgehead atoms. The second-order valence-electron chi connectivity index (χ2n) is 16.8. The van der Waals surface area contributed by atoms with E-state index in [-0.39, 0.29) is 54.7 Å². The zero-order chi connectivity index (χ0) is 44.4. The smallest absolute Gasteiger partial charge is 0.338 e. The van der Waals surface area contributed by atoms with Crippen molar-refractivity contribution in [3.63, 3.8) is 0 Å². The van der Waals surface area contributed by atoms with Gasteiger partial charge in [-0.05, 0) is 89.1 Å².